The summed E-state index contributed by atoms with van der Waals surface area (Å²) in [5, 5.41) is 11.5. The van der Waals surface area contributed by atoms with E-state index in [1.165, 1.54) is 6.92 Å². The van der Waals surface area contributed by atoms with Gasteiger partial charge in [0.05, 0.1) is 0 Å². The molecule has 0 atom stereocenters. The van der Waals surface area contributed by atoms with E-state index >= 15 is 0 Å². The first-order valence-corrected chi connectivity index (χ1v) is 6.11. The molecule has 1 aromatic carbocycles. The van der Waals surface area contributed by atoms with Crippen LogP contribution >= 0.6 is 0 Å². The van der Waals surface area contributed by atoms with Gasteiger partial charge in [-0.05, 0) is 37.5 Å². The molecule has 0 saturated heterocycles. The summed E-state index contributed by atoms with van der Waals surface area (Å²) in [6.45, 7) is 1.64. The number of ketones is 1. The lowest BCUT2D eigenvalue weighted by molar-refractivity contribution is -0.121. The zero-order valence-corrected chi connectivity index (χ0v) is 10.6. The van der Waals surface area contributed by atoms with Crippen LogP contribution in [-0.4, -0.2) is 23.4 Å². The van der Waals surface area contributed by atoms with Gasteiger partial charge in [0.2, 0.25) is 5.91 Å². The van der Waals surface area contributed by atoms with Crippen LogP contribution in [0.4, 0.5) is 5.69 Å². The molecule has 0 saturated carbocycles. The fourth-order valence-corrected chi connectivity index (χ4v) is 1.60. The van der Waals surface area contributed by atoms with Crippen molar-refractivity contribution in [3.05, 3.63) is 29.8 Å². The van der Waals surface area contributed by atoms with E-state index in [0.29, 0.717) is 6.42 Å². The lowest BCUT2D eigenvalue weighted by Gasteiger charge is -2.06. The first-order chi connectivity index (χ1) is 8.61. The summed E-state index contributed by atoms with van der Waals surface area (Å²) in [7, 11) is 0. The number of benzene rings is 1. The maximum Gasteiger partial charge on any atom is 0.224 e. The third-order valence-electron chi connectivity index (χ3n) is 2.54. The summed E-state index contributed by atoms with van der Waals surface area (Å²) in [5.41, 5.74) is 1.81. The number of anilines is 1. The molecule has 0 radical (unpaired) electrons. The van der Waals surface area contributed by atoms with E-state index in [0.717, 1.165) is 17.7 Å². The zero-order valence-electron chi connectivity index (χ0n) is 10.6. The number of hydrogen-bond donors (Lipinski definition) is 2. The van der Waals surface area contributed by atoms with Crippen molar-refractivity contribution in [2.75, 3.05) is 11.9 Å². The van der Waals surface area contributed by atoms with Crippen molar-refractivity contribution in [2.45, 2.75) is 32.6 Å². The molecule has 1 aromatic rings. The van der Waals surface area contributed by atoms with Gasteiger partial charge in [0.15, 0.2) is 0 Å². The topological polar surface area (TPSA) is 66.4 Å². The molecule has 0 aliphatic rings. The molecule has 0 aliphatic heterocycles. The molecule has 0 aromatic heterocycles. The molecule has 0 heterocycles. The average Bonchev–Trinajstić information content (AvgIpc) is 2.34. The quantitative estimate of drug-likeness (QED) is 0.775. The smallest absolute Gasteiger partial charge is 0.224 e. The highest BCUT2D eigenvalue weighted by Gasteiger charge is 2.04. The van der Waals surface area contributed by atoms with E-state index in [1.807, 2.05) is 24.3 Å². The third kappa shape index (κ3) is 5.59. The SMILES string of the molecule is CC(=O)CCC(=O)Nc1cccc(CCCO)c1. The molecule has 98 valence electrons. The largest absolute Gasteiger partial charge is 0.396 e. The van der Waals surface area contributed by atoms with Crippen molar-refractivity contribution in [2.24, 2.45) is 0 Å². The molecule has 0 fully saturated rings. The predicted molar refractivity (Wildman–Crippen MR) is 70.4 cm³/mol. The Labute approximate surface area is 107 Å². The molecule has 0 unspecified atom stereocenters. The van der Waals surface area contributed by atoms with E-state index in [9.17, 15) is 9.59 Å². The minimum atomic E-state index is -0.149. The molecule has 0 spiro atoms. The highest BCUT2D eigenvalue weighted by atomic mass is 16.2. The number of nitrogens with one attached hydrogen (secondary N) is 1. The minimum Gasteiger partial charge on any atom is -0.396 e. The van der Waals surface area contributed by atoms with Crippen LogP contribution in [-0.2, 0) is 16.0 Å². The molecule has 0 bridgehead atoms. The van der Waals surface area contributed by atoms with Gasteiger partial charge < -0.3 is 15.2 Å². The number of hydrogen-bond acceptors (Lipinski definition) is 3. The Morgan fingerprint density at radius 3 is 2.72 bits per heavy atom. The Bertz CT molecular complexity index is 415. The van der Waals surface area contributed by atoms with Crippen LogP contribution in [0, 0.1) is 0 Å². The summed E-state index contributed by atoms with van der Waals surface area (Å²) in [4.78, 5) is 22.3. The Hall–Kier alpha value is -1.68. The van der Waals surface area contributed by atoms with Crippen molar-refractivity contribution in [1.29, 1.82) is 0 Å². The normalized spacial score (nSPS) is 10.1. The number of carbonyl (C=O) groups excluding carboxylic acids is 2. The summed E-state index contributed by atoms with van der Waals surface area (Å²) in [6.07, 6.45) is 1.99. The molecule has 0 aliphatic carbocycles. The number of aryl methyl sites for hydroxylation is 1. The number of carbonyl (C=O) groups is 2. The van der Waals surface area contributed by atoms with Crippen LogP contribution in [0.1, 0.15) is 31.7 Å². The van der Waals surface area contributed by atoms with E-state index < -0.39 is 0 Å². The molecule has 4 heteroatoms. The molecular weight excluding hydrogens is 230 g/mol. The second-order valence-corrected chi connectivity index (χ2v) is 4.28. The molecule has 1 rings (SSSR count). The number of amides is 1. The Morgan fingerprint density at radius 1 is 1.28 bits per heavy atom. The highest BCUT2D eigenvalue weighted by Crippen LogP contribution is 2.12. The number of aliphatic hydroxyl groups excluding tert-OH is 1. The van der Waals surface area contributed by atoms with Gasteiger partial charge in [-0.3, -0.25) is 4.79 Å². The van der Waals surface area contributed by atoms with Crippen molar-refractivity contribution in [1.82, 2.24) is 0 Å². The van der Waals surface area contributed by atoms with Gasteiger partial charge in [-0.2, -0.15) is 0 Å². The summed E-state index contributed by atoms with van der Waals surface area (Å²) >= 11 is 0. The van der Waals surface area contributed by atoms with Crippen LogP contribution in [0.2, 0.25) is 0 Å². The molecule has 4 nitrogen and oxygen atoms in total. The van der Waals surface area contributed by atoms with Crippen LogP contribution in [0.15, 0.2) is 24.3 Å². The Morgan fingerprint density at radius 2 is 2.06 bits per heavy atom. The first kappa shape index (κ1) is 14.4. The van der Waals surface area contributed by atoms with Crippen molar-refractivity contribution in [3.8, 4) is 0 Å². The molecule has 2 N–H and O–H groups in total. The maximum atomic E-state index is 11.5. The van der Waals surface area contributed by atoms with Crippen LogP contribution in [0.3, 0.4) is 0 Å². The fraction of sp³-hybridized carbons (Fsp3) is 0.429. The van der Waals surface area contributed by atoms with Gasteiger partial charge in [-0.1, -0.05) is 12.1 Å². The van der Waals surface area contributed by atoms with E-state index in [2.05, 4.69) is 5.32 Å². The summed E-state index contributed by atoms with van der Waals surface area (Å²) in [6, 6.07) is 7.53. The maximum absolute atomic E-state index is 11.5. The van der Waals surface area contributed by atoms with Gasteiger partial charge in [-0.25, -0.2) is 0 Å². The van der Waals surface area contributed by atoms with Gasteiger partial charge in [-0.15, -0.1) is 0 Å². The van der Waals surface area contributed by atoms with Crippen molar-refractivity contribution >= 4 is 17.4 Å². The van der Waals surface area contributed by atoms with E-state index in [1.54, 1.807) is 0 Å². The fourth-order valence-electron chi connectivity index (χ4n) is 1.60. The summed E-state index contributed by atoms with van der Waals surface area (Å²) < 4.78 is 0. The van der Waals surface area contributed by atoms with Crippen LogP contribution in [0.5, 0.6) is 0 Å². The number of rotatable bonds is 7. The second-order valence-electron chi connectivity index (χ2n) is 4.28. The predicted octanol–water partition coefficient (Wildman–Crippen LogP) is 1.92. The van der Waals surface area contributed by atoms with E-state index in [4.69, 9.17) is 5.11 Å². The van der Waals surface area contributed by atoms with Gasteiger partial charge in [0.1, 0.15) is 5.78 Å². The first-order valence-electron chi connectivity index (χ1n) is 6.11. The van der Waals surface area contributed by atoms with Gasteiger partial charge in [0, 0.05) is 25.1 Å². The Balaban J connectivity index is 2.50. The van der Waals surface area contributed by atoms with Crippen molar-refractivity contribution in [3.63, 3.8) is 0 Å². The average molecular weight is 249 g/mol. The van der Waals surface area contributed by atoms with Crippen molar-refractivity contribution < 1.29 is 14.7 Å². The summed E-state index contributed by atoms with van der Waals surface area (Å²) in [5.74, 6) is -0.133. The van der Waals surface area contributed by atoms with Gasteiger partial charge in [0.25, 0.3) is 0 Å². The molecule has 1 amide bonds. The Kier molecular flexibility index (Phi) is 6.08. The van der Waals surface area contributed by atoms with Crippen LogP contribution in [0.25, 0.3) is 0 Å². The monoisotopic (exact) mass is 249 g/mol. The molecular formula is C14H19NO3. The lowest BCUT2D eigenvalue weighted by atomic mass is 10.1. The second kappa shape index (κ2) is 7.61. The number of Topliss-reactive ketones (excluding diaryl/α,β-unsaturated/α-hetero) is 1. The van der Waals surface area contributed by atoms with Crippen LogP contribution < -0.4 is 5.32 Å². The minimum absolute atomic E-state index is 0.0156. The highest BCUT2D eigenvalue weighted by molar-refractivity contribution is 5.93. The third-order valence-corrected chi connectivity index (χ3v) is 2.54. The van der Waals surface area contributed by atoms with E-state index in [-0.39, 0.29) is 31.1 Å². The molecule has 18 heavy (non-hydrogen) atoms. The standard InChI is InChI=1S/C14H19NO3/c1-11(17)7-8-14(18)15-13-6-2-4-12(10-13)5-3-9-16/h2,4,6,10,16H,3,5,7-9H2,1H3,(H,15,18). The number of aliphatic hydroxyl groups is 1. The zero-order chi connectivity index (χ0) is 13.4. The lowest BCUT2D eigenvalue weighted by Crippen LogP contribution is -2.12. The van der Waals surface area contributed by atoms with Gasteiger partial charge >= 0.3 is 0 Å².